The molecule has 4 aliphatic carbocycles. The van der Waals surface area contributed by atoms with Gasteiger partial charge in [-0.25, -0.2) is 0 Å². The van der Waals surface area contributed by atoms with Crippen molar-refractivity contribution in [3.05, 3.63) is 0 Å². The molecule has 6 nitrogen and oxygen atoms in total. The van der Waals surface area contributed by atoms with Gasteiger partial charge in [-0.1, -0.05) is 13.8 Å². The van der Waals surface area contributed by atoms with Crippen LogP contribution in [0, 0.1) is 40.4 Å². The summed E-state index contributed by atoms with van der Waals surface area (Å²) in [4.78, 5) is 12.0. The Bertz CT molecular complexity index is 800. The summed E-state index contributed by atoms with van der Waals surface area (Å²) in [6, 6.07) is 0. The lowest BCUT2D eigenvalue weighted by Crippen LogP contribution is -2.53. The molecular formula is C25H43NO5S. The van der Waals surface area contributed by atoms with Crippen LogP contribution in [0.3, 0.4) is 0 Å². The molecule has 184 valence electrons. The van der Waals surface area contributed by atoms with E-state index in [0.717, 1.165) is 43.4 Å². The zero-order valence-corrected chi connectivity index (χ0v) is 20.7. The summed E-state index contributed by atoms with van der Waals surface area (Å²) in [5.41, 5.74) is 0.807. The molecule has 4 saturated carbocycles. The second-order valence-corrected chi connectivity index (χ2v) is 13.5. The van der Waals surface area contributed by atoms with Gasteiger partial charge in [-0.05, 0) is 111 Å². The Balaban J connectivity index is 1.31. The molecule has 0 aromatic rings. The number of rotatable bonds is 7. The van der Waals surface area contributed by atoms with Crippen LogP contribution in [0.5, 0.6) is 0 Å². The van der Waals surface area contributed by atoms with Gasteiger partial charge in [0.25, 0.3) is 10.1 Å². The lowest BCUT2D eigenvalue weighted by atomic mass is 9.44. The van der Waals surface area contributed by atoms with E-state index in [1.807, 2.05) is 0 Å². The molecule has 0 radical (unpaired) electrons. The first-order chi connectivity index (χ1) is 15.0. The van der Waals surface area contributed by atoms with Crippen molar-refractivity contribution < 1.29 is 22.9 Å². The number of carbonyl (C=O) groups excluding carboxylic acids is 1. The standard InChI is InChI=1S/C25H43NO5S/c1-24-13-11-22-20(8-6-18-16-19(27)10-12-25(18,22)2)21(24)9-7-17(24)4-3-5-23(28)26-14-15-32(29,30)31/h17-22,27H,3-16H2,1-2H3,(H,26,28)(H,29,30,31)/t17?,18?,19-,20?,21?,22?,24?,25?/m1/s1. The van der Waals surface area contributed by atoms with Gasteiger partial charge in [-0.2, -0.15) is 8.42 Å². The number of aliphatic hydroxyl groups is 1. The summed E-state index contributed by atoms with van der Waals surface area (Å²) >= 11 is 0. The van der Waals surface area contributed by atoms with Crippen molar-refractivity contribution in [1.29, 1.82) is 0 Å². The molecule has 7 heteroatoms. The molecule has 0 spiro atoms. The first-order valence-corrected chi connectivity index (χ1v) is 14.5. The van der Waals surface area contributed by atoms with Crippen LogP contribution in [0.25, 0.3) is 0 Å². The van der Waals surface area contributed by atoms with Gasteiger partial charge in [0.15, 0.2) is 0 Å². The average Bonchev–Trinajstić information content (AvgIpc) is 3.04. The van der Waals surface area contributed by atoms with Crippen LogP contribution in [-0.2, 0) is 14.9 Å². The Labute approximate surface area is 194 Å². The van der Waals surface area contributed by atoms with Gasteiger partial charge in [-0.3, -0.25) is 9.35 Å². The highest BCUT2D eigenvalue weighted by Crippen LogP contribution is 2.67. The molecule has 32 heavy (non-hydrogen) atoms. The number of hydrogen-bond acceptors (Lipinski definition) is 4. The van der Waals surface area contributed by atoms with Gasteiger partial charge in [0.2, 0.25) is 5.91 Å². The van der Waals surface area contributed by atoms with E-state index in [-0.39, 0.29) is 18.6 Å². The van der Waals surface area contributed by atoms with Gasteiger partial charge in [0.1, 0.15) is 0 Å². The fourth-order valence-corrected chi connectivity index (χ4v) is 9.10. The molecule has 4 fully saturated rings. The minimum Gasteiger partial charge on any atom is -0.393 e. The van der Waals surface area contributed by atoms with Crippen LogP contribution < -0.4 is 5.32 Å². The second kappa shape index (κ2) is 9.18. The van der Waals surface area contributed by atoms with Crippen LogP contribution >= 0.6 is 0 Å². The topological polar surface area (TPSA) is 104 Å². The summed E-state index contributed by atoms with van der Waals surface area (Å²) in [5, 5.41) is 12.8. The Morgan fingerprint density at radius 2 is 1.72 bits per heavy atom. The maximum absolute atomic E-state index is 12.0. The highest BCUT2D eigenvalue weighted by molar-refractivity contribution is 7.85. The van der Waals surface area contributed by atoms with Gasteiger partial charge in [-0.15, -0.1) is 0 Å². The summed E-state index contributed by atoms with van der Waals surface area (Å²) in [6.07, 6.45) is 13.3. The third kappa shape index (κ3) is 4.76. The molecule has 3 N–H and O–H groups in total. The number of hydrogen-bond donors (Lipinski definition) is 3. The SMILES string of the molecule is CC12CCC3C(CCC4C[C@H](O)CCC43C)C1CCC2CCCC(=O)NCCS(=O)(=O)O. The number of amides is 1. The molecule has 8 atom stereocenters. The van der Waals surface area contributed by atoms with Crippen LogP contribution in [0.15, 0.2) is 0 Å². The molecule has 0 aromatic carbocycles. The van der Waals surface area contributed by atoms with E-state index in [4.69, 9.17) is 4.55 Å². The normalized spacial score (nSPS) is 43.8. The fourth-order valence-electron chi connectivity index (χ4n) is 8.74. The van der Waals surface area contributed by atoms with Gasteiger partial charge < -0.3 is 10.4 Å². The molecule has 7 unspecified atom stereocenters. The second-order valence-electron chi connectivity index (χ2n) is 11.9. The Morgan fingerprint density at radius 3 is 2.47 bits per heavy atom. The lowest BCUT2D eigenvalue weighted by Gasteiger charge is -2.61. The molecular weight excluding hydrogens is 426 g/mol. The first kappa shape index (κ1) is 24.5. The number of carbonyl (C=O) groups is 1. The van der Waals surface area contributed by atoms with Crippen molar-refractivity contribution in [2.75, 3.05) is 12.3 Å². The molecule has 0 bridgehead atoms. The van der Waals surface area contributed by atoms with E-state index in [0.29, 0.717) is 29.1 Å². The van der Waals surface area contributed by atoms with E-state index in [9.17, 15) is 18.3 Å². The maximum atomic E-state index is 12.0. The number of nitrogens with one attached hydrogen (secondary N) is 1. The summed E-state index contributed by atoms with van der Waals surface area (Å²) < 4.78 is 30.3. The van der Waals surface area contributed by atoms with Crippen molar-refractivity contribution in [2.45, 2.75) is 97.0 Å². The minimum absolute atomic E-state index is 0.0270. The zero-order valence-electron chi connectivity index (χ0n) is 19.9. The largest absolute Gasteiger partial charge is 0.393 e. The molecule has 4 rings (SSSR count). The maximum Gasteiger partial charge on any atom is 0.266 e. The lowest BCUT2D eigenvalue weighted by molar-refractivity contribution is -0.127. The highest BCUT2D eigenvalue weighted by atomic mass is 32.2. The fraction of sp³-hybridized carbons (Fsp3) is 0.960. The molecule has 4 aliphatic rings. The van der Waals surface area contributed by atoms with Crippen molar-refractivity contribution in [1.82, 2.24) is 5.32 Å². The van der Waals surface area contributed by atoms with Gasteiger partial charge in [0, 0.05) is 13.0 Å². The van der Waals surface area contributed by atoms with Crippen molar-refractivity contribution in [3.63, 3.8) is 0 Å². The summed E-state index contributed by atoms with van der Waals surface area (Å²) in [6.45, 7) is 5.04. The summed E-state index contributed by atoms with van der Waals surface area (Å²) in [7, 11) is -4.03. The average molecular weight is 470 g/mol. The van der Waals surface area contributed by atoms with Crippen LogP contribution in [0.4, 0.5) is 0 Å². The predicted molar refractivity (Wildman–Crippen MR) is 125 cm³/mol. The monoisotopic (exact) mass is 469 g/mol. The van der Waals surface area contributed by atoms with E-state index < -0.39 is 15.9 Å². The number of aliphatic hydroxyl groups excluding tert-OH is 1. The molecule has 0 saturated heterocycles. The molecule has 0 heterocycles. The third-order valence-electron chi connectivity index (χ3n) is 10.5. The minimum atomic E-state index is -4.03. The Hall–Kier alpha value is -0.660. The smallest absolute Gasteiger partial charge is 0.266 e. The van der Waals surface area contributed by atoms with E-state index >= 15 is 0 Å². The first-order valence-electron chi connectivity index (χ1n) is 12.9. The zero-order chi connectivity index (χ0) is 23.1. The van der Waals surface area contributed by atoms with Crippen LogP contribution in [0.2, 0.25) is 0 Å². The van der Waals surface area contributed by atoms with Crippen molar-refractivity contribution in [3.8, 4) is 0 Å². The third-order valence-corrected chi connectivity index (χ3v) is 11.2. The molecule has 1 amide bonds. The van der Waals surface area contributed by atoms with Crippen LogP contribution in [-0.4, -0.2) is 42.4 Å². The molecule has 0 aliphatic heterocycles. The highest BCUT2D eigenvalue weighted by Gasteiger charge is 2.59. The van der Waals surface area contributed by atoms with Crippen molar-refractivity contribution >= 4 is 16.0 Å². The van der Waals surface area contributed by atoms with Gasteiger partial charge in [0.05, 0.1) is 11.9 Å². The van der Waals surface area contributed by atoms with Gasteiger partial charge >= 0.3 is 0 Å². The quantitative estimate of drug-likeness (QED) is 0.485. The number of fused-ring (bicyclic) bond motifs is 5. The van der Waals surface area contributed by atoms with E-state index in [1.54, 1.807) is 0 Å². The van der Waals surface area contributed by atoms with Crippen molar-refractivity contribution in [2.24, 2.45) is 40.4 Å². The predicted octanol–water partition coefficient (Wildman–Crippen LogP) is 4.18. The van der Waals surface area contributed by atoms with E-state index in [1.165, 1.54) is 44.9 Å². The summed E-state index contributed by atoms with van der Waals surface area (Å²) in [5.74, 6) is 3.29. The Morgan fingerprint density at radius 1 is 1.00 bits per heavy atom. The van der Waals surface area contributed by atoms with E-state index in [2.05, 4.69) is 19.2 Å². The Kier molecular flexibility index (Phi) is 7.02. The molecule has 0 aromatic heterocycles. The van der Waals surface area contributed by atoms with Crippen LogP contribution in [0.1, 0.15) is 90.9 Å².